The minimum absolute atomic E-state index is 0.0177. The molecule has 0 aliphatic carbocycles. The van der Waals surface area contributed by atoms with Crippen LogP contribution in [0.5, 0.6) is 0 Å². The summed E-state index contributed by atoms with van der Waals surface area (Å²) in [6.07, 6.45) is 7.56. The summed E-state index contributed by atoms with van der Waals surface area (Å²) in [7, 11) is 0. The predicted molar refractivity (Wildman–Crippen MR) is 193 cm³/mol. The molecule has 2 spiro atoms. The number of primary amides is 1. The summed E-state index contributed by atoms with van der Waals surface area (Å²) in [4.78, 5) is 26.6. The molecule has 0 aromatic carbocycles. The molecule has 0 radical (unpaired) electrons. The molecule has 0 aromatic heterocycles. The first-order valence-electron chi connectivity index (χ1n) is 20.5. The maximum atomic E-state index is 14.4. The van der Waals surface area contributed by atoms with Gasteiger partial charge in [-0.1, -0.05) is 55.4 Å². The second kappa shape index (κ2) is 14.9. The molecule has 0 aromatic rings. The molecule has 6 rings (SSSR count). The highest BCUT2D eigenvalue weighted by atomic mass is 16.9. The minimum atomic E-state index is -1.11. The summed E-state index contributed by atoms with van der Waals surface area (Å²) >= 11 is 0. The quantitative estimate of drug-likeness (QED) is 0.217. The van der Waals surface area contributed by atoms with Gasteiger partial charge in [-0.15, -0.1) is 0 Å². The number of carbonyl (C=O) groups excluding carboxylic acids is 2. The van der Waals surface area contributed by atoms with E-state index in [1.54, 1.807) is 0 Å². The van der Waals surface area contributed by atoms with Crippen LogP contribution < -0.4 is 5.73 Å². The lowest BCUT2D eigenvalue weighted by atomic mass is 9.72. The Bertz CT molecular complexity index is 1340. The van der Waals surface area contributed by atoms with Gasteiger partial charge in [-0.3, -0.25) is 9.59 Å². The van der Waals surface area contributed by atoms with Crippen molar-refractivity contribution in [2.45, 2.75) is 192 Å². The van der Waals surface area contributed by atoms with Gasteiger partial charge in [-0.2, -0.15) is 0 Å². The van der Waals surface area contributed by atoms with Crippen molar-refractivity contribution in [1.29, 1.82) is 0 Å². The Morgan fingerprint density at radius 1 is 0.865 bits per heavy atom. The molecule has 11 nitrogen and oxygen atoms in total. The Balaban J connectivity index is 1.15. The lowest BCUT2D eigenvalue weighted by molar-refractivity contribution is -0.381. The Labute approximate surface area is 311 Å². The third-order valence-corrected chi connectivity index (χ3v) is 14.4. The van der Waals surface area contributed by atoms with E-state index in [-0.39, 0.29) is 65.7 Å². The number of hydrogen-bond donors (Lipinski definition) is 3. The van der Waals surface area contributed by atoms with Crippen LogP contribution in [0.1, 0.15) is 127 Å². The fraction of sp³-hybridized carbons (Fsp3) is 0.902. The highest BCUT2D eigenvalue weighted by molar-refractivity contribution is 5.84. The van der Waals surface area contributed by atoms with E-state index < -0.39 is 53.1 Å². The third-order valence-electron chi connectivity index (χ3n) is 14.4. The zero-order valence-electron chi connectivity index (χ0n) is 33.0. The Kier molecular flexibility index (Phi) is 11.5. The molecule has 11 heteroatoms. The molecule has 1 amide bonds. The summed E-state index contributed by atoms with van der Waals surface area (Å²) < 4.78 is 40.3. The van der Waals surface area contributed by atoms with Crippen molar-refractivity contribution in [3.05, 3.63) is 12.2 Å². The SMILES string of the molecule is CCC(C(N)=O)C1CCC(C)C(C(C)C(O)C(C)C(=O)C(CC)C2OC3(C=CC4OC5(C6CCC(O)(CC)C(C)O6)CCC4(O3)O5)C(C)CC2C)O1. The number of aliphatic hydroxyl groups is 2. The molecule has 18 unspecified atom stereocenters. The second-order valence-electron chi connectivity index (χ2n) is 17.6. The van der Waals surface area contributed by atoms with Crippen LogP contribution in [0.3, 0.4) is 0 Å². The fourth-order valence-corrected chi connectivity index (χ4v) is 10.7. The van der Waals surface area contributed by atoms with Crippen LogP contribution >= 0.6 is 0 Å². The van der Waals surface area contributed by atoms with Crippen LogP contribution in [0, 0.1) is 41.4 Å². The van der Waals surface area contributed by atoms with E-state index in [4.69, 9.17) is 34.2 Å². The molecule has 6 aliphatic rings. The van der Waals surface area contributed by atoms with Crippen molar-refractivity contribution in [2.24, 2.45) is 47.2 Å². The van der Waals surface area contributed by atoms with E-state index in [0.717, 1.165) is 19.3 Å². The van der Waals surface area contributed by atoms with Crippen molar-refractivity contribution < 1.29 is 48.2 Å². The zero-order chi connectivity index (χ0) is 38.0. The van der Waals surface area contributed by atoms with E-state index in [0.29, 0.717) is 44.9 Å². The molecule has 0 saturated carbocycles. The van der Waals surface area contributed by atoms with Gasteiger partial charge in [0.05, 0.1) is 42.0 Å². The van der Waals surface area contributed by atoms with E-state index in [9.17, 15) is 19.8 Å². The second-order valence-corrected chi connectivity index (χ2v) is 17.6. The van der Waals surface area contributed by atoms with Gasteiger partial charge in [-0.05, 0) is 82.3 Å². The zero-order valence-corrected chi connectivity index (χ0v) is 33.0. The standard InChI is InChI=1S/C41H67NO10/c1-10-28(37(42)45)30-14-13-22(4)35(48-30)26(8)33(43)25(7)34(44)29(11-2)36-23(5)21-24(6)39(50-36)18-16-32-41(51-39)20-19-40(49-32,52-41)31-15-17-38(46,12-3)27(9)47-31/h16,18,22-33,35-36,43,46H,10-15,17,19-21H2,1-9H3,(H2,42,45). The Morgan fingerprint density at radius 2 is 1.56 bits per heavy atom. The van der Waals surface area contributed by atoms with Crippen molar-refractivity contribution in [3.8, 4) is 0 Å². The first-order chi connectivity index (χ1) is 24.5. The number of nitrogens with two attached hydrogens (primary N) is 1. The average molecular weight is 734 g/mol. The topological polar surface area (TPSA) is 156 Å². The van der Waals surface area contributed by atoms with E-state index in [2.05, 4.69) is 20.8 Å². The molecular weight excluding hydrogens is 666 g/mol. The van der Waals surface area contributed by atoms with Gasteiger partial charge in [0.25, 0.3) is 0 Å². The first-order valence-corrected chi connectivity index (χ1v) is 20.5. The van der Waals surface area contributed by atoms with Crippen LogP contribution in [-0.4, -0.2) is 87.6 Å². The van der Waals surface area contributed by atoms with E-state index >= 15 is 0 Å². The third kappa shape index (κ3) is 6.75. The molecule has 52 heavy (non-hydrogen) atoms. The smallest absolute Gasteiger partial charge is 0.223 e. The molecule has 6 aliphatic heterocycles. The van der Waals surface area contributed by atoms with E-state index in [1.165, 1.54) is 0 Å². The lowest BCUT2D eigenvalue weighted by Gasteiger charge is -2.53. The fourth-order valence-electron chi connectivity index (χ4n) is 10.7. The number of ketones is 1. The van der Waals surface area contributed by atoms with Crippen molar-refractivity contribution >= 4 is 11.7 Å². The van der Waals surface area contributed by atoms with Gasteiger partial charge < -0.3 is 44.4 Å². The normalized spacial score (nSPS) is 47.4. The molecular formula is C41H67NO10. The number of Topliss-reactive ketones (excluding diaryl/α,β-unsaturated/α-hetero) is 1. The average Bonchev–Trinajstić information content (AvgIpc) is 3.65. The molecule has 6 heterocycles. The number of rotatable bonds is 12. The molecule has 5 saturated heterocycles. The monoisotopic (exact) mass is 733 g/mol. The summed E-state index contributed by atoms with van der Waals surface area (Å²) in [6, 6.07) is 0. The highest BCUT2D eigenvalue weighted by Gasteiger charge is 2.71. The number of carbonyl (C=O) groups is 2. The maximum absolute atomic E-state index is 14.4. The number of aliphatic hydroxyl groups excluding tert-OH is 1. The van der Waals surface area contributed by atoms with Crippen LogP contribution in [0.25, 0.3) is 0 Å². The number of fused-ring (bicyclic) bond motifs is 1. The van der Waals surface area contributed by atoms with Crippen molar-refractivity contribution in [3.63, 3.8) is 0 Å². The van der Waals surface area contributed by atoms with Crippen LogP contribution in [-0.2, 0) is 38.0 Å². The highest BCUT2D eigenvalue weighted by Crippen LogP contribution is 2.59. The van der Waals surface area contributed by atoms with Gasteiger partial charge in [0.1, 0.15) is 18.0 Å². The van der Waals surface area contributed by atoms with Crippen LogP contribution in [0.4, 0.5) is 0 Å². The molecule has 18 atom stereocenters. The van der Waals surface area contributed by atoms with Crippen molar-refractivity contribution in [2.75, 3.05) is 0 Å². The maximum Gasteiger partial charge on any atom is 0.223 e. The molecule has 4 N–H and O–H groups in total. The molecule has 296 valence electrons. The largest absolute Gasteiger partial charge is 0.392 e. The van der Waals surface area contributed by atoms with Gasteiger partial charge in [0.2, 0.25) is 11.7 Å². The van der Waals surface area contributed by atoms with Gasteiger partial charge in [0.15, 0.2) is 11.6 Å². The number of hydrogen-bond acceptors (Lipinski definition) is 10. The van der Waals surface area contributed by atoms with E-state index in [1.807, 2.05) is 53.7 Å². The minimum Gasteiger partial charge on any atom is -0.392 e. The summed E-state index contributed by atoms with van der Waals surface area (Å²) in [6.45, 7) is 18.0. The first kappa shape index (κ1) is 40.2. The predicted octanol–water partition coefficient (Wildman–Crippen LogP) is 5.56. The van der Waals surface area contributed by atoms with Crippen LogP contribution in [0.2, 0.25) is 0 Å². The number of ether oxygens (including phenoxy) is 6. The number of amides is 1. The molecule has 2 bridgehead atoms. The summed E-state index contributed by atoms with van der Waals surface area (Å²) in [5, 5.41) is 22.8. The van der Waals surface area contributed by atoms with Gasteiger partial charge in [0, 0.05) is 36.5 Å². The van der Waals surface area contributed by atoms with Crippen molar-refractivity contribution in [1.82, 2.24) is 0 Å². The van der Waals surface area contributed by atoms with Gasteiger partial charge >= 0.3 is 0 Å². The van der Waals surface area contributed by atoms with Crippen LogP contribution in [0.15, 0.2) is 12.2 Å². The van der Waals surface area contributed by atoms with Gasteiger partial charge in [-0.25, -0.2) is 0 Å². The Hall–Kier alpha value is -1.44. The molecule has 5 fully saturated rings. The Morgan fingerprint density at radius 3 is 2.19 bits per heavy atom. The summed E-state index contributed by atoms with van der Waals surface area (Å²) in [5.41, 5.74) is 4.85. The lowest BCUT2D eigenvalue weighted by Crippen LogP contribution is -2.61. The summed E-state index contributed by atoms with van der Waals surface area (Å²) in [5.74, 6) is -5.10.